The summed E-state index contributed by atoms with van der Waals surface area (Å²) in [5, 5.41) is 0. The van der Waals surface area contributed by atoms with E-state index in [1.807, 2.05) is 30.3 Å². The lowest BCUT2D eigenvalue weighted by atomic mass is 9.96. The van der Waals surface area contributed by atoms with Crippen LogP contribution in [0.25, 0.3) is 22.3 Å². The van der Waals surface area contributed by atoms with Crippen LogP contribution in [0.5, 0.6) is 17.2 Å². The van der Waals surface area contributed by atoms with Gasteiger partial charge >= 0.3 is 5.63 Å². The average molecular weight is 338 g/mol. The fourth-order valence-corrected chi connectivity index (χ4v) is 2.77. The lowest BCUT2D eigenvalue weighted by molar-refractivity contribution is 0.324. The zero-order valence-corrected chi connectivity index (χ0v) is 14.2. The van der Waals surface area contributed by atoms with Gasteiger partial charge in [-0.05, 0) is 34.9 Å². The number of rotatable bonds is 5. The minimum absolute atomic E-state index is 0.435. The fraction of sp³-hybridized carbons (Fsp3) is 0.150. The zero-order chi connectivity index (χ0) is 17.8. The second-order valence-electron chi connectivity index (χ2n) is 5.28. The SMILES string of the molecule is COc1cc(-c2c(-c3ccccc3)ccoc2=O)cc(OC)c1OC. The van der Waals surface area contributed by atoms with Crippen molar-refractivity contribution in [3.05, 3.63) is 65.2 Å². The molecule has 0 aliphatic carbocycles. The van der Waals surface area contributed by atoms with Crippen LogP contribution in [0.2, 0.25) is 0 Å². The first kappa shape index (κ1) is 16.6. The molecule has 0 spiro atoms. The van der Waals surface area contributed by atoms with Gasteiger partial charge in [0.2, 0.25) is 5.75 Å². The first-order valence-electron chi connectivity index (χ1n) is 7.67. The van der Waals surface area contributed by atoms with Gasteiger partial charge in [0, 0.05) is 0 Å². The summed E-state index contributed by atoms with van der Waals surface area (Å²) in [6.07, 6.45) is 1.39. The number of benzene rings is 2. The van der Waals surface area contributed by atoms with Crippen molar-refractivity contribution in [1.82, 2.24) is 0 Å². The maximum absolute atomic E-state index is 12.5. The van der Waals surface area contributed by atoms with Crippen LogP contribution in [-0.2, 0) is 0 Å². The summed E-state index contributed by atoms with van der Waals surface area (Å²) < 4.78 is 21.2. The van der Waals surface area contributed by atoms with E-state index in [2.05, 4.69) is 0 Å². The van der Waals surface area contributed by atoms with E-state index >= 15 is 0 Å². The first-order chi connectivity index (χ1) is 12.2. The molecule has 5 heteroatoms. The molecule has 0 aliphatic rings. The fourth-order valence-electron chi connectivity index (χ4n) is 2.77. The van der Waals surface area contributed by atoms with Gasteiger partial charge in [-0.3, -0.25) is 0 Å². The molecule has 0 bridgehead atoms. The quantitative estimate of drug-likeness (QED) is 0.704. The van der Waals surface area contributed by atoms with Crippen LogP contribution >= 0.6 is 0 Å². The van der Waals surface area contributed by atoms with E-state index in [-0.39, 0.29) is 0 Å². The second kappa shape index (κ2) is 7.13. The maximum atomic E-state index is 12.5. The molecule has 25 heavy (non-hydrogen) atoms. The van der Waals surface area contributed by atoms with E-state index in [0.29, 0.717) is 28.4 Å². The van der Waals surface area contributed by atoms with Crippen LogP contribution in [0, 0.1) is 0 Å². The molecular formula is C20H18O5. The molecule has 3 aromatic rings. The number of hydrogen-bond acceptors (Lipinski definition) is 5. The van der Waals surface area contributed by atoms with Crippen molar-refractivity contribution in [2.45, 2.75) is 0 Å². The van der Waals surface area contributed by atoms with Crippen LogP contribution in [0.4, 0.5) is 0 Å². The highest BCUT2D eigenvalue weighted by Crippen LogP contribution is 2.42. The smallest absolute Gasteiger partial charge is 0.344 e. The zero-order valence-electron chi connectivity index (χ0n) is 14.2. The third-order valence-corrected chi connectivity index (χ3v) is 3.92. The normalized spacial score (nSPS) is 10.4. The van der Waals surface area contributed by atoms with Gasteiger partial charge in [0.25, 0.3) is 0 Å². The lowest BCUT2D eigenvalue weighted by Gasteiger charge is -2.15. The summed E-state index contributed by atoms with van der Waals surface area (Å²) in [5.74, 6) is 1.41. The standard InChI is InChI=1S/C20H18O5/c1-22-16-11-14(12-17(23-2)19(16)24-3)18-15(9-10-25-20(18)21)13-7-5-4-6-8-13/h4-12H,1-3H3. The molecule has 1 heterocycles. The molecule has 5 nitrogen and oxygen atoms in total. The van der Waals surface area contributed by atoms with Crippen molar-refractivity contribution >= 4 is 0 Å². The van der Waals surface area contributed by atoms with Crippen LogP contribution in [-0.4, -0.2) is 21.3 Å². The minimum Gasteiger partial charge on any atom is -0.493 e. The van der Waals surface area contributed by atoms with Crippen molar-refractivity contribution in [3.8, 4) is 39.5 Å². The maximum Gasteiger partial charge on any atom is 0.344 e. The third kappa shape index (κ3) is 3.08. The van der Waals surface area contributed by atoms with Gasteiger partial charge in [0.15, 0.2) is 11.5 Å². The van der Waals surface area contributed by atoms with E-state index < -0.39 is 5.63 Å². The average Bonchev–Trinajstić information content (AvgIpc) is 2.67. The number of ether oxygens (including phenoxy) is 3. The van der Waals surface area contributed by atoms with Crippen molar-refractivity contribution < 1.29 is 18.6 Å². The summed E-state index contributed by atoms with van der Waals surface area (Å²) in [5.41, 5.74) is 2.32. The highest BCUT2D eigenvalue weighted by atomic mass is 16.5. The molecule has 0 atom stereocenters. The molecule has 3 rings (SSSR count). The summed E-state index contributed by atoms with van der Waals surface area (Å²) >= 11 is 0. The van der Waals surface area contributed by atoms with Crippen molar-refractivity contribution in [2.24, 2.45) is 0 Å². The van der Waals surface area contributed by atoms with Gasteiger partial charge in [-0.25, -0.2) is 4.79 Å². The predicted octanol–water partition coefficient (Wildman–Crippen LogP) is 4.00. The van der Waals surface area contributed by atoms with Gasteiger partial charge in [0.1, 0.15) is 0 Å². The van der Waals surface area contributed by atoms with Crippen LogP contribution in [0.3, 0.4) is 0 Å². The highest BCUT2D eigenvalue weighted by molar-refractivity contribution is 5.84. The van der Waals surface area contributed by atoms with Gasteiger partial charge in [0.05, 0.1) is 33.2 Å². The lowest BCUT2D eigenvalue weighted by Crippen LogP contribution is -2.05. The Morgan fingerprint density at radius 1 is 0.800 bits per heavy atom. The van der Waals surface area contributed by atoms with Crippen LogP contribution < -0.4 is 19.8 Å². The molecule has 0 aliphatic heterocycles. The predicted molar refractivity (Wildman–Crippen MR) is 95.5 cm³/mol. The Morgan fingerprint density at radius 3 is 2.00 bits per heavy atom. The van der Waals surface area contributed by atoms with Crippen LogP contribution in [0.1, 0.15) is 0 Å². The molecule has 0 radical (unpaired) electrons. The molecule has 1 aromatic heterocycles. The molecule has 0 saturated heterocycles. The first-order valence-corrected chi connectivity index (χ1v) is 7.67. The molecule has 2 aromatic carbocycles. The Kier molecular flexibility index (Phi) is 4.75. The number of hydrogen-bond donors (Lipinski definition) is 0. The monoisotopic (exact) mass is 338 g/mol. The van der Waals surface area contributed by atoms with E-state index in [4.69, 9.17) is 18.6 Å². The molecule has 0 fully saturated rings. The highest BCUT2D eigenvalue weighted by Gasteiger charge is 2.19. The molecule has 0 amide bonds. The second-order valence-corrected chi connectivity index (χ2v) is 5.28. The van der Waals surface area contributed by atoms with Gasteiger partial charge in [-0.2, -0.15) is 0 Å². The van der Waals surface area contributed by atoms with E-state index in [0.717, 1.165) is 11.1 Å². The molecule has 0 saturated carbocycles. The van der Waals surface area contributed by atoms with E-state index in [1.165, 1.54) is 27.6 Å². The van der Waals surface area contributed by atoms with Crippen molar-refractivity contribution in [2.75, 3.05) is 21.3 Å². The topological polar surface area (TPSA) is 57.9 Å². The minimum atomic E-state index is -0.435. The summed E-state index contributed by atoms with van der Waals surface area (Å²) in [7, 11) is 4.60. The van der Waals surface area contributed by atoms with Crippen molar-refractivity contribution in [3.63, 3.8) is 0 Å². The molecule has 0 N–H and O–H groups in total. The van der Waals surface area contributed by atoms with E-state index in [1.54, 1.807) is 18.2 Å². The summed E-state index contributed by atoms with van der Waals surface area (Å²) in [6.45, 7) is 0. The Labute approximate surface area is 145 Å². The Bertz CT molecular complexity index is 903. The third-order valence-electron chi connectivity index (χ3n) is 3.92. The van der Waals surface area contributed by atoms with Crippen LogP contribution in [0.15, 0.2) is 64.0 Å². The largest absolute Gasteiger partial charge is 0.493 e. The van der Waals surface area contributed by atoms with Gasteiger partial charge in [-0.1, -0.05) is 30.3 Å². The van der Waals surface area contributed by atoms with Gasteiger partial charge in [-0.15, -0.1) is 0 Å². The number of methoxy groups -OCH3 is 3. The van der Waals surface area contributed by atoms with E-state index in [9.17, 15) is 4.79 Å². The summed E-state index contributed by atoms with van der Waals surface area (Å²) in [6, 6.07) is 14.9. The van der Waals surface area contributed by atoms with Crippen molar-refractivity contribution in [1.29, 1.82) is 0 Å². The Hall–Kier alpha value is -3.21. The Morgan fingerprint density at radius 2 is 1.44 bits per heavy atom. The van der Waals surface area contributed by atoms with Gasteiger partial charge < -0.3 is 18.6 Å². The molecular weight excluding hydrogens is 320 g/mol. The Balaban J connectivity index is 2.29. The molecule has 0 unspecified atom stereocenters. The molecule has 128 valence electrons. The summed E-state index contributed by atoms with van der Waals surface area (Å²) in [4.78, 5) is 12.5.